The third-order valence-electron chi connectivity index (χ3n) is 8.82. The molecule has 38 heavy (non-hydrogen) atoms. The van der Waals surface area contributed by atoms with E-state index in [0.717, 1.165) is 0 Å². The van der Waals surface area contributed by atoms with Gasteiger partial charge in [0.1, 0.15) is 6.17 Å². The molecule has 0 saturated heterocycles. The lowest BCUT2D eigenvalue weighted by Crippen LogP contribution is -2.39. The van der Waals surface area contributed by atoms with Gasteiger partial charge in [-0.2, -0.15) is 0 Å². The minimum atomic E-state index is 0.641. The third-order valence-corrected chi connectivity index (χ3v) is 8.82. The van der Waals surface area contributed by atoms with Gasteiger partial charge in [-0.3, -0.25) is 0 Å². The lowest BCUT2D eigenvalue weighted by Gasteiger charge is -2.33. The van der Waals surface area contributed by atoms with Crippen molar-refractivity contribution < 1.29 is 0 Å². The molecule has 1 atom stereocenters. The molecule has 1 unspecified atom stereocenters. The van der Waals surface area contributed by atoms with Crippen LogP contribution in [0.1, 0.15) is 201 Å². The molecule has 1 aliphatic heterocycles. The lowest BCUT2D eigenvalue weighted by atomic mass is 10.0. The molecule has 0 fully saturated rings. The molecular formula is C36H72N2. The molecule has 0 aromatic carbocycles. The summed E-state index contributed by atoms with van der Waals surface area (Å²) in [6.45, 7) is 9.44. The summed E-state index contributed by atoms with van der Waals surface area (Å²) in [5.74, 6) is 0. The fraction of sp³-hybridized carbons (Fsp3) is 0.944. The summed E-state index contributed by atoms with van der Waals surface area (Å²) in [6, 6.07) is 0. The average Bonchev–Trinajstić information content (AvgIpc) is 3.31. The van der Waals surface area contributed by atoms with Gasteiger partial charge in [0.05, 0.1) is 0 Å². The molecule has 226 valence electrons. The topological polar surface area (TPSA) is 6.48 Å². The van der Waals surface area contributed by atoms with E-state index in [1.54, 1.807) is 0 Å². The molecule has 0 aromatic rings. The van der Waals surface area contributed by atoms with Gasteiger partial charge < -0.3 is 9.80 Å². The molecule has 0 bridgehead atoms. The van der Waals surface area contributed by atoms with Crippen molar-refractivity contribution in [1.29, 1.82) is 0 Å². The van der Waals surface area contributed by atoms with Crippen LogP contribution in [-0.4, -0.2) is 29.1 Å². The molecule has 0 saturated carbocycles. The molecule has 1 rings (SSSR count). The maximum Gasteiger partial charge on any atom is 0.101 e. The molecule has 1 aliphatic rings. The highest BCUT2D eigenvalue weighted by molar-refractivity contribution is 4.96. The van der Waals surface area contributed by atoms with Crippen LogP contribution in [0, 0.1) is 0 Å². The van der Waals surface area contributed by atoms with Crippen LogP contribution < -0.4 is 0 Å². The highest BCUT2D eigenvalue weighted by Gasteiger charge is 2.24. The maximum absolute atomic E-state index is 2.68. The van der Waals surface area contributed by atoms with E-state index in [2.05, 4.69) is 43.0 Å². The maximum atomic E-state index is 2.68. The standard InChI is InChI=1S/C36H72N2/c1-4-7-10-12-14-16-17-18-19-20-21-22-23-24-25-27-29-31-36-37(32-9-6-3)34-35-38(36)33-30-28-26-15-13-11-8-5-2/h34-36H,4-33H2,1-3H3. The Labute approximate surface area is 241 Å². The Balaban J connectivity index is 2.01. The van der Waals surface area contributed by atoms with Crippen molar-refractivity contribution in [3.8, 4) is 0 Å². The van der Waals surface area contributed by atoms with E-state index in [4.69, 9.17) is 0 Å². The van der Waals surface area contributed by atoms with Crippen molar-refractivity contribution >= 4 is 0 Å². The number of nitrogens with zero attached hydrogens (tertiary/aromatic N) is 2. The number of unbranched alkanes of at least 4 members (excludes halogenated alkanes) is 24. The smallest absolute Gasteiger partial charge is 0.101 e. The van der Waals surface area contributed by atoms with Gasteiger partial charge in [0, 0.05) is 25.5 Å². The van der Waals surface area contributed by atoms with E-state index in [9.17, 15) is 0 Å². The van der Waals surface area contributed by atoms with Crippen LogP contribution in [0.15, 0.2) is 12.4 Å². The Kier molecular flexibility index (Phi) is 26.0. The van der Waals surface area contributed by atoms with Crippen molar-refractivity contribution in [2.75, 3.05) is 13.1 Å². The van der Waals surface area contributed by atoms with Crippen LogP contribution >= 0.6 is 0 Å². The number of hydrogen-bond acceptors (Lipinski definition) is 2. The fourth-order valence-electron chi connectivity index (χ4n) is 6.16. The zero-order valence-corrected chi connectivity index (χ0v) is 26.8. The first kappa shape index (κ1) is 35.4. The van der Waals surface area contributed by atoms with Crippen LogP contribution in [0.25, 0.3) is 0 Å². The summed E-state index contributed by atoms with van der Waals surface area (Å²) in [4.78, 5) is 5.33. The summed E-state index contributed by atoms with van der Waals surface area (Å²) in [7, 11) is 0. The summed E-state index contributed by atoms with van der Waals surface area (Å²) in [5.41, 5.74) is 0. The highest BCUT2D eigenvalue weighted by atomic mass is 15.4. The van der Waals surface area contributed by atoms with Crippen LogP contribution in [-0.2, 0) is 0 Å². The minimum Gasteiger partial charge on any atom is -0.356 e. The SMILES string of the molecule is CCCCCCCCCCCCCCCCCCCC1N(CCCC)C=CN1CCCCCCCCCC. The number of hydrogen-bond donors (Lipinski definition) is 0. The largest absolute Gasteiger partial charge is 0.356 e. The Bertz CT molecular complexity index is 488. The molecule has 0 amide bonds. The summed E-state index contributed by atoms with van der Waals surface area (Å²) >= 11 is 0. The first-order valence-corrected chi connectivity index (χ1v) is 18.0. The molecule has 0 N–H and O–H groups in total. The first-order valence-electron chi connectivity index (χ1n) is 18.0. The van der Waals surface area contributed by atoms with Crippen molar-refractivity contribution in [2.24, 2.45) is 0 Å². The van der Waals surface area contributed by atoms with E-state index in [0.29, 0.717) is 6.17 Å². The van der Waals surface area contributed by atoms with Crippen molar-refractivity contribution in [3.63, 3.8) is 0 Å². The third kappa shape index (κ3) is 20.3. The van der Waals surface area contributed by atoms with Crippen LogP contribution in [0.5, 0.6) is 0 Å². The Morgan fingerprint density at radius 2 is 0.632 bits per heavy atom. The van der Waals surface area contributed by atoms with Gasteiger partial charge >= 0.3 is 0 Å². The molecule has 2 nitrogen and oxygen atoms in total. The molecule has 0 aromatic heterocycles. The Hall–Kier alpha value is -0.660. The molecule has 0 aliphatic carbocycles. The van der Waals surface area contributed by atoms with Gasteiger partial charge in [-0.15, -0.1) is 0 Å². The summed E-state index contributed by atoms with van der Waals surface area (Å²) in [6.07, 6.45) is 45.6. The molecular weight excluding hydrogens is 460 g/mol. The van der Waals surface area contributed by atoms with Crippen LogP contribution in [0.2, 0.25) is 0 Å². The van der Waals surface area contributed by atoms with Crippen molar-refractivity contribution in [3.05, 3.63) is 12.4 Å². The molecule has 2 heteroatoms. The first-order chi connectivity index (χ1) is 18.8. The quantitative estimate of drug-likeness (QED) is 0.0848. The fourth-order valence-corrected chi connectivity index (χ4v) is 6.16. The summed E-state index contributed by atoms with van der Waals surface area (Å²) in [5, 5.41) is 0. The lowest BCUT2D eigenvalue weighted by molar-refractivity contribution is 0.136. The van der Waals surface area contributed by atoms with Gasteiger partial charge in [-0.25, -0.2) is 0 Å². The van der Waals surface area contributed by atoms with Gasteiger partial charge in [0.2, 0.25) is 0 Å². The zero-order valence-electron chi connectivity index (χ0n) is 26.8. The molecule has 1 heterocycles. The van der Waals surface area contributed by atoms with Crippen LogP contribution in [0.3, 0.4) is 0 Å². The minimum absolute atomic E-state index is 0.641. The Morgan fingerprint density at radius 3 is 1.00 bits per heavy atom. The second-order valence-corrected chi connectivity index (χ2v) is 12.5. The van der Waals surface area contributed by atoms with Crippen molar-refractivity contribution in [1.82, 2.24) is 9.80 Å². The normalized spacial score (nSPS) is 15.3. The predicted molar refractivity (Wildman–Crippen MR) is 173 cm³/mol. The van der Waals surface area contributed by atoms with E-state index in [1.165, 1.54) is 193 Å². The second kappa shape index (κ2) is 27.9. The van der Waals surface area contributed by atoms with Gasteiger partial charge in [0.25, 0.3) is 0 Å². The van der Waals surface area contributed by atoms with E-state index in [1.807, 2.05) is 0 Å². The monoisotopic (exact) mass is 533 g/mol. The number of rotatable bonds is 30. The van der Waals surface area contributed by atoms with Gasteiger partial charge in [-0.1, -0.05) is 175 Å². The van der Waals surface area contributed by atoms with Crippen LogP contribution in [0.4, 0.5) is 0 Å². The molecule has 0 spiro atoms. The molecule has 0 radical (unpaired) electrons. The van der Waals surface area contributed by atoms with E-state index in [-0.39, 0.29) is 0 Å². The average molecular weight is 533 g/mol. The summed E-state index contributed by atoms with van der Waals surface area (Å²) < 4.78 is 0. The zero-order chi connectivity index (χ0) is 27.4. The van der Waals surface area contributed by atoms with E-state index >= 15 is 0 Å². The Morgan fingerprint density at radius 1 is 0.342 bits per heavy atom. The van der Waals surface area contributed by atoms with Gasteiger partial charge in [0.15, 0.2) is 0 Å². The highest BCUT2D eigenvalue weighted by Crippen LogP contribution is 2.23. The second-order valence-electron chi connectivity index (χ2n) is 12.5. The van der Waals surface area contributed by atoms with Gasteiger partial charge in [-0.05, 0) is 25.7 Å². The predicted octanol–water partition coefficient (Wildman–Crippen LogP) is 12.4. The van der Waals surface area contributed by atoms with E-state index < -0.39 is 0 Å². The van der Waals surface area contributed by atoms with Crippen molar-refractivity contribution in [2.45, 2.75) is 207 Å².